The van der Waals surface area contributed by atoms with Gasteiger partial charge in [-0.15, -0.1) is 0 Å². The number of nitrogens with one attached hydrogen (secondary N) is 1. The summed E-state index contributed by atoms with van der Waals surface area (Å²) in [7, 11) is 1.44. The molecule has 0 saturated carbocycles. The number of phenols is 1. The molecule has 118 valence electrons. The van der Waals surface area contributed by atoms with E-state index in [2.05, 4.69) is 10.5 Å². The number of nitro groups is 1. The second-order valence-corrected chi connectivity index (χ2v) is 4.43. The number of benzene rings is 2. The molecule has 0 radical (unpaired) electrons. The number of carbonyl (C=O) groups excluding carboxylic acids is 1. The lowest BCUT2D eigenvalue weighted by molar-refractivity contribution is -0.384. The molecule has 2 aromatic rings. The van der Waals surface area contributed by atoms with Gasteiger partial charge in [-0.25, -0.2) is 5.43 Å². The fourth-order valence-corrected chi connectivity index (χ4v) is 1.79. The third-order valence-electron chi connectivity index (χ3n) is 2.91. The molecule has 0 atom stereocenters. The lowest BCUT2D eigenvalue weighted by atomic mass is 10.2. The van der Waals surface area contributed by atoms with Gasteiger partial charge in [0, 0.05) is 29.3 Å². The summed E-state index contributed by atoms with van der Waals surface area (Å²) in [6.07, 6.45) is 1.34. The van der Waals surface area contributed by atoms with Crippen LogP contribution in [0.3, 0.4) is 0 Å². The number of ether oxygens (including phenoxy) is 1. The van der Waals surface area contributed by atoms with E-state index in [9.17, 15) is 20.0 Å². The number of hydrogen-bond donors (Lipinski definition) is 2. The van der Waals surface area contributed by atoms with Crippen LogP contribution in [0.4, 0.5) is 5.69 Å². The molecule has 0 spiro atoms. The normalized spacial score (nSPS) is 10.5. The first-order chi connectivity index (χ1) is 11.0. The van der Waals surface area contributed by atoms with E-state index in [-0.39, 0.29) is 17.0 Å². The van der Waals surface area contributed by atoms with Gasteiger partial charge in [0.15, 0.2) is 0 Å². The standard InChI is InChI=1S/C15H13N3O5/c1-23-14-8-13(19)6-5-11(14)9-16-17-15(20)10-3-2-4-12(7-10)18(21)22/h2-9,19H,1H3,(H,17,20)/b16-9+. The van der Waals surface area contributed by atoms with Gasteiger partial charge in [0.2, 0.25) is 0 Å². The van der Waals surface area contributed by atoms with Gasteiger partial charge in [0.25, 0.3) is 11.6 Å². The first kappa shape index (κ1) is 16.0. The number of methoxy groups -OCH3 is 1. The van der Waals surface area contributed by atoms with E-state index < -0.39 is 10.8 Å². The summed E-state index contributed by atoms with van der Waals surface area (Å²) < 4.78 is 5.07. The van der Waals surface area contributed by atoms with Crippen molar-refractivity contribution in [1.82, 2.24) is 5.43 Å². The number of hydrogen-bond acceptors (Lipinski definition) is 6. The Kier molecular flexibility index (Phi) is 4.88. The second kappa shape index (κ2) is 7.03. The summed E-state index contributed by atoms with van der Waals surface area (Å²) >= 11 is 0. The van der Waals surface area contributed by atoms with Gasteiger partial charge in [-0.1, -0.05) is 6.07 Å². The topological polar surface area (TPSA) is 114 Å². The van der Waals surface area contributed by atoms with Crippen LogP contribution in [-0.2, 0) is 0 Å². The largest absolute Gasteiger partial charge is 0.508 e. The van der Waals surface area contributed by atoms with E-state index in [1.54, 1.807) is 6.07 Å². The minimum atomic E-state index is -0.582. The van der Waals surface area contributed by atoms with Gasteiger partial charge < -0.3 is 9.84 Å². The Morgan fingerprint density at radius 2 is 2.13 bits per heavy atom. The molecule has 0 aromatic heterocycles. The van der Waals surface area contributed by atoms with Crippen molar-refractivity contribution in [2.24, 2.45) is 5.10 Å². The molecule has 0 aliphatic heterocycles. The van der Waals surface area contributed by atoms with Crippen molar-refractivity contribution in [3.63, 3.8) is 0 Å². The maximum Gasteiger partial charge on any atom is 0.271 e. The van der Waals surface area contributed by atoms with Gasteiger partial charge in [-0.2, -0.15) is 5.10 Å². The van der Waals surface area contributed by atoms with E-state index in [1.165, 1.54) is 43.7 Å². The Balaban J connectivity index is 2.10. The molecule has 1 amide bonds. The maximum atomic E-state index is 11.9. The molecule has 8 nitrogen and oxygen atoms in total. The average Bonchev–Trinajstić information content (AvgIpc) is 2.56. The van der Waals surface area contributed by atoms with E-state index in [0.717, 1.165) is 6.07 Å². The number of non-ortho nitro benzene ring substituents is 1. The monoisotopic (exact) mass is 315 g/mol. The Bertz CT molecular complexity index is 773. The number of carbonyl (C=O) groups is 1. The van der Waals surface area contributed by atoms with E-state index in [1.807, 2.05) is 0 Å². The molecule has 0 saturated heterocycles. The highest BCUT2D eigenvalue weighted by molar-refractivity contribution is 5.95. The SMILES string of the molecule is COc1cc(O)ccc1/C=N/NC(=O)c1cccc([N+](=O)[O-])c1. The highest BCUT2D eigenvalue weighted by Gasteiger charge is 2.10. The van der Waals surface area contributed by atoms with Crippen LogP contribution in [-0.4, -0.2) is 29.3 Å². The molecule has 0 unspecified atom stereocenters. The van der Waals surface area contributed by atoms with Gasteiger partial charge in [0.1, 0.15) is 11.5 Å². The zero-order valence-electron chi connectivity index (χ0n) is 12.1. The second-order valence-electron chi connectivity index (χ2n) is 4.43. The zero-order chi connectivity index (χ0) is 16.8. The van der Waals surface area contributed by atoms with Crippen molar-refractivity contribution in [3.8, 4) is 11.5 Å². The van der Waals surface area contributed by atoms with Crippen LogP contribution in [0.5, 0.6) is 11.5 Å². The number of nitrogens with zero attached hydrogens (tertiary/aromatic N) is 2. The van der Waals surface area contributed by atoms with Crippen LogP contribution in [0.2, 0.25) is 0 Å². The third-order valence-corrected chi connectivity index (χ3v) is 2.91. The van der Waals surface area contributed by atoms with E-state index in [0.29, 0.717) is 11.3 Å². The van der Waals surface area contributed by atoms with Crippen molar-refractivity contribution in [1.29, 1.82) is 0 Å². The van der Waals surface area contributed by atoms with Crippen LogP contribution < -0.4 is 10.2 Å². The molecule has 2 rings (SSSR count). The highest BCUT2D eigenvalue weighted by Crippen LogP contribution is 2.22. The molecular weight excluding hydrogens is 302 g/mol. The number of phenolic OH excluding ortho intramolecular Hbond substituents is 1. The van der Waals surface area contributed by atoms with Crippen molar-refractivity contribution < 1.29 is 19.6 Å². The highest BCUT2D eigenvalue weighted by atomic mass is 16.6. The number of hydrazone groups is 1. The third kappa shape index (κ3) is 4.03. The fourth-order valence-electron chi connectivity index (χ4n) is 1.79. The Morgan fingerprint density at radius 3 is 2.83 bits per heavy atom. The van der Waals surface area contributed by atoms with Crippen LogP contribution in [0.15, 0.2) is 47.6 Å². The van der Waals surface area contributed by atoms with Gasteiger partial charge in [0.05, 0.1) is 18.2 Å². The summed E-state index contributed by atoms with van der Waals surface area (Å²) in [5.74, 6) is -0.152. The number of rotatable bonds is 5. The first-order valence-electron chi connectivity index (χ1n) is 6.46. The quantitative estimate of drug-likeness (QED) is 0.498. The minimum absolute atomic E-state index is 0.0413. The van der Waals surface area contributed by atoms with Crippen molar-refractivity contribution in [2.75, 3.05) is 7.11 Å². The minimum Gasteiger partial charge on any atom is -0.508 e. The molecule has 2 aromatic carbocycles. The lowest BCUT2D eigenvalue weighted by Crippen LogP contribution is -2.17. The predicted octanol–water partition coefficient (Wildman–Crippen LogP) is 2.07. The number of aromatic hydroxyl groups is 1. The summed E-state index contributed by atoms with van der Waals surface area (Å²) in [6, 6.07) is 9.74. The van der Waals surface area contributed by atoms with E-state index in [4.69, 9.17) is 4.74 Å². The Labute approximate surface area is 131 Å². The summed E-state index contributed by atoms with van der Waals surface area (Å²) in [6.45, 7) is 0. The van der Waals surface area contributed by atoms with E-state index >= 15 is 0 Å². The molecule has 23 heavy (non-hydrogen) atoms. The van der Waals surface area contributed by atoms with Crippen LogP contribution in [0.1, 0.15) is 15.9 Å². The first-order valence-corrected chi connectivity index (χ1v) is 6.46. The van der Waals surface area contributed by atoms with Crippen molar-refractivity contribution >= 4 is 17.8 Å². The molecule has 0 fully saturated rings. The van der Waals surface area contributed by atoms with Gasteiger partial charge in [-0.05, 0) is 18.2 Å². The zero-order valence-corrected chi connectivity index (χ0v) is 12.1. The number of amides is 1. The average molecular weight is 315 g/mol. The van der Waals surface area contributed by atoms with Crippen LogP contribution >= 0.6 is 0 Å². The summed E-state index contributed by atoms with van der Waals surface area (Å²) in [5.41, 5.74) is 2.76. The Morgan fingerprint density at radius 1 is 1.35 bits per heavy atom. The fraction of sp³-hybridized carbons (Fsp3) is 0.0667. The molecule has 2 N–H and O–H groups in total. The molecule has 0 aliphatic carbocycles. The predicted molar refractivity (Wildman–Crippen MR) is 82.8 cm³/mol. The van der Waals surface area contributed by atoms with Crippen LogP contribution in [0.25, 0.3) is 0 Å². The molecule has 0 bridgehead atoms. The maximum absolute atomic E-state index is 11.9. The summed E-state index contributed by atoms with van der Waals surface area (Å²) in [5, 5.41) is 23.8. The smallest absolute Gasteiger partial charge is 0.271 e. The molecular formula is C15H13N3O5. The lowest BCUT2D eigenvalue weighted by Gasteiger charge is -2.04. The van der Waals surface area contributed by atoms with Gasteiger partial charge >= 0.3 is 0 Å². The van der Waals surface area contributed by atoms with Gasteiger partial charge in [-0.3, -0.25) is 14.9 Å². The Hall–Kier alpha value is -3.42. The van der Waals surface area contributed by atoms with Crippen molar-refractivity contribution in [3.05, 3.63) is 63.7 Å². The van der Waals surface area contributed by atoms with Crippen LogP contribution in [0, 0.1) is 10.1 Å². The number of nitro benzene ring substituents is 1. The molecule has 0 heterocycles. The van der Waals surface area contributed by atoms with Crippen molar-refractivity contribution in [2.45, 2.75) is 0 Å². The molecule has 0 aliphatic rings. The molecule has 8 heteroatoms. The summed E-state index contributed by atoms with van der Waals surface area (Å²) in [4.78, 5) is 22.0.